The lowest BCUT2D eigenvalue weighted by molar-refractivity contribution is -0.120. The van der Waals surface area contributed by atoms with Crippen LogP contribution in [0.4, 0.5) is 10.1 Å². The Balaban J connectivity index is 1.48. The van der Waals surface area contributed by atoms with Crippen molar-refractivity contribution in [1.29, 1.82) is 0 Å². The predicted molar refractivity (Wildman–Crippen MR) is 122 cm³/mol. The smallest absolute Gasteiger partial charge is 0.265 e. The first-order valence-electron chi connectivity index (χ1n) is 10.3. The average Bonchev–Trinajstić information content (AvgIpc) is 2.81. The molecule has 1 unspecified atom stereocenters. The fourth-order valence-corrected chi connectivity index (χ4v) is 5.31. The van der Waals surface area contributed by atoms with Crippen LogP contribution in [0.1, 0.15) is 6.92 Å². The minimum Gasteiger partial charge on any atom is -0.497 e. The lowest BCUT2D eigenvalue weighted by Gasteiger charge is -2.32. The molecule has 0 fully saturated rings. The van der Waals surface area contributed by atoms with E-state index in [1.807, 2.05) is 0 Å². The second kappa shape index (κ2) is 9.11. The zero-order valence-corrected chi connectivity index (χ0v) is 18.9. The van der Waals surface area contributed by atoms with Gasteiger partial charge in [-0.05, 0) is 55.5 Å². The summed E-state index contributed by atoms with van der Waals surface area (Å²) in [6.45, 7) is 1.50. The maximum atomic E-state index is 13.9. The van der Waals surface area contributed by atoms with Crippen molar-refractivity contribution in [2.75, 3.05) is 24.6 Å². The van der Waals surface area contributed by atoms with Crippen molar-refractivity contribution in [2.45, 2.75) is 17.9 Å². The van der Waals surface area contributed by atoms with Crippen LogP contribution in [0.15, 0.2) is 71.6 Å². The van der Waals surface area contributed by atoms with E-state index in [-0.39, 0.29) is 23.2 Å². The third-order valence-corrected chi connectivity index (χ3v) is 7.04. The molecule has 0 aliphatic carbocycles. The van der Waals surface area contributed by atoms with Crippen LogP contribution in [0.5, 0.6) is 11.5 Å². The Kier molecular flexibility index (Phi) is 6.24. The van der Waals surface area contributed by atoms with Crippen LogP contribution in [-0.2, 0) is 14.8 Å². The molecule has 0 bridgehead atoms. The highest BCUT2D eigenvalue weighted by atomic mass is 32.2. The van der Waals surface area contributed by atoms with E-state index in [0.717, 1.165) is 4.31 Å². The molecule has 4 rings (SSSR count). The quantitative estimate of drug-likeness (QED) is 0.571. The number of fused-ring (bicyclic) bond motifs is 3. The topological polar surface area (TPSA) is 84.9 Å². The molecule has 0 saturated carbocycles. The van der Waals surface area contributed by atoms with E-state index < -0.39 is 28.3 Å². The second-order valence-electron chi connectivity index (χ2n) is 7.62. The molecular formula is C24H23FN2O5S. The third-order valence-electron chi connectivity index (χ3n) is 5.23. The third kappa shape index (κ3) is 4.63. The number of carbonyl (C=O) groups is 1. The molecule has 0 aromatic heterocycles. The number of anilines is 1. The Morgan fingerprint density at radius 1 is 1.03 bits per heavy atom. The number of amides is 1. The molecule has 3 aromatic carbocycles. The van der Waals surface area contributed by atoms with Crippen LogP contribution in [-0.4, -0.2) is 40.6 Å². The van der Waals surface area contributed by atoms with Gasteiger partial charge in [0.05, 0.1) is 23.7 Å². The van der Waals surface area contributed by atoms with Crippen LogP contribution in [0.25, 0.3) is 11.1 Å². The number of hydrogen-bond donors (Lipinski definition) is 1. The van der Waals surface area contributed by atoms with Gasteiger partial charge < -0.3 is 14.8 Å². The van der Waals surface area contributed by atoms with Gasteiger partial charge in [0.15, 0.2) is 0 Å². The van der Waals surface area contributed by atoms with Gasteiger partial charge in [0.1, 0.15) is 30.5 Å². The molecule has 1 amide bonds. The normalized spacial score (nSPS) is 14.6. The predicted octanol–water partition coefficient (Wildman–Crippen LogP) is 3.59. The molecule has 1 heterocycles. The summed E-state index contributed by atoms with van der Waals surface area (Å²) >= 11 is 0. The molecule has 172 valence electrons. The Morgan fingerprint density at radius 3 is 2.45 bits per heavy atom. The van der Waals surface area contributed by atoms with Crippen molar-refractivity contribution in [1.82, 2.24) is 5.32 Å². The molecule has 3 aromatic rings. The number of sulfonamides is 1. The number of nitrogens with zero attached hydrogens (tertiary/aromatic N) is 1. The summed E-state index contributed by atoms with van der Waals surface area (Å²) in [7, 11) is -2.42. The van der Waals surface area contributed by atoms with E-state index in [0.29, 0.717) is 22.6 Å². The number of rotatable bonds is 7. The van der Waals surface area contributed by atoms with Crippen molar-refractivity contribution in [3.8, 4) is 22.6 Å². The molecule has 33 heavy (non-hydrogen) atoms. The van der Waals surface area contributed by atoms with Crippen molar-refractivity contribution in [3.63, 3.8) is 0 Å². The summed E-state index contributed by atoms with van der Waals surface area (Å²) < 4.78 is 52.2. The van der Waals surface area contributed by atoms with Crippen LogP contribution in [0.2, 0.25) is 0 Å². The lowest BCUT2D eigenvalue weighted by Crippen LogP contribution is -2.46. The number of methoxy groups -OCH3 is 1. The van der Waals surface area contributed by atoms with Gasteiger partial charge in [0.2, 0.25) is 5.91 Å². The first-order chi connectivity index (χ1) is 15.8. The number of nitrogens with one attached hydrogen (secondary N) is 1. The maximum Gasteiger partial charge on any atom is 0.265 e. The first kappa shape index (κ1) is 22.6. The van der Waals surface area contributed by atoms with Crippen LogP contribution in [0, 0.1) is 5.82 Å². The van der Waals surface area contributed by atoms with Gasteiger partial charge in [0.25, 0.3) is 10.0 Å². The fraction of sp³-hybridized carbons (Fsp3) is 0.208. The number of ether oxygens (including phenoxy) is 2. The summed E-state index contributed by atoms with van der Waals surface area (Å²) in [5.41, 5.74) is 1.08. The van der Waals surface area contributed by atoms with Gasteiger partial charge in [-0.2, -0.15) is 0 Å². The monoisotopic (exact) mass is 470 g/mol. The molecule has 0 spiro atoms. The standard InChI is InChI=1S/C24H23FN2O5S/c1-16(15-32-19-10-8-18(31-2)9-11-19)26-24(28)14-27-22-12-7-17(25)13-21(22)20-5-3-4-6-23(20)33(27,29)30/h3-13,16H,14-15H2,1-2H3,(H,26,28). The van der Waals surface area contributed by atoms with Crippen molar-refractivity contribution in [2.24, 2.45) is 0 Å². The molecule has 7 nitrogen and oxygen atoms in total. The Morgan fingerprint density at radius 2 is 1.73 bits per heavy atom. The Bertz CT molecular complexity index is 1280. The fourth-order valence-electron chi connectivity index (χ4n) is 3.66. The van der Waals surface area contributed by atoms with E-state index in [2.05, 4.69) is 5.32 Å². The van der Waals surface area contributed by atoms with E-state index >= 15 is 0 Å². The van der Waals surface area contributed by atoms with Crippen molar-refractivity contribution < 1.29 is 27.1 Å². The number of carbonyl (C=O) groups excluding carboxylic acids is 1. The molecule has 1 aliphatic rings. The highest BCUT2D eigenvalue weighted by molar-refractivity contribution is 7.93. The van der Waals surface area contributed by atoms with Gasteiger partial charge in [-0.1, -0.05) is 18.2 Å². The largest absolute Gasteiger partial charge is 0.497 e. The van der Waals surface area contributed by atoms with Crippen molar-refractivity contribution in [3.05, 3.63) is 72.5 Å². The SMILES string of the molecule is COc1ccc(OCC(C)NC(=O)CN2c3ccc(F)cc3-c3ccccc3S2(=O)=O)cc1. The molecule has 0 radical (unpaired) electrons. The molecule has 0 saturated heterocycles. The Labute approximate surface area is 191 Å². The Hall–Kier alpha value is -3.59. The van der Waals surface area contributed by atoms with E-state index in [9.17, 15) is 17.6 Å². The van der Waals surface area contributed by atoms with Gasteiger partial charge in [-0.15, -0.1) is 0 Å². The minimum absolute atomic E-state index is 0.0341. The minimum atomic E-state index is -3.99. The highest BCUT2D eigenvalue weighted by Gasteiger charge is 2.36. The summed E-state index contributed by atoms with van der Waals surface area (Å²) in [6, 6.07) is 16.8. The molecule has 1 aliphatic heterocycles. The second-order valence-corrected chi connectivity index (χ2v) is 9.46. The van der Waals surface area contributed by atoms with Gasteiger partial charge in [-0.3, -0.25) is 9.10 Å². The first-order valence-corrected chi connectivity index (χ1v) is 11.7. The molecule has 1 N–H and O–H groups in total. The van der Waals surface area contributed by atoms with Crippen LogP contribution >= 0.6 is 0 Å². The summed E-state index contributed by atoms with van der Waals surface area (Å²) in [6.07, 6.45) is 0. The number of halogens is 1. The molecule has 9 heteroatoms. The number of hydrogen-bond acceptors (Lipinski definition) is 5. The van der Waals surface area contributed by atoms with E-state index in [1.54, 1.807) is 56.5 Å². The van der Waals surface area contributed by atoms with E-state index in [1.165, 1.54) is 24.3 Å². The number of benzene rings is 3. The average molecular weight is 471 g/mol. The summed E-state index contributed by atoms with van der Waals surface area (Å²) in [5.74, 6) is 0.326. The zero-order valence-electron chi connectivity index (χ0n) is 18.1. The molecular weight excluding hydrogens is 447 g/mol. The maximum absolute atomic E-state index is 13.9. The van der Waals surface area contributed by atoms with Gasteiger partial charge >= 0.3 is 0 Å². The van der Waals surface area contributed by atoms with Crippen LogP contribution < -0.4 is 19.1 Å². The van der Waals surface area contributed by atoms with Gasteiger partial charge in [-0.25, -0.2) is 12.8 Å². The lowest BCUT2D eigenvalue weighted by atomic mass is 10.0. The summed E-state index contributed by atoms with van der Waals surface area (Å²) in [4.78, 5) is 12.8. The summed E-state index contributed by atoms with van der Waals surface area (Å²) in [5, 5.41) is 2.76. The highest BCUT2D eigenvalue weighted by Crippen LogP contribution is 2.42. The van der Waals surface area contributed by atoms with E-state index in [4.69, 9.17) is 9.47 Å². The zero-order chi connectivity index (χ0) is 23.6. The van der Waals surface area contributed by atoms with Crippen LogP contribution in [0.3, 0.4) is 0 Å². The van der Waals surface area contributed by atoms with Gasteiger partial charge in [0, 0.05) is 11.1 Å². The molecule has 1 atom stereocenters. The van der Waals surface area contributed by atoms with Crippen molar-refractivity contribution >= 4 is 21.6 Å².